The lowest BCUT2D eigenvalue weighted by molar-refractivity contribution is 0.209. The van der Waals surface area contributed by atoms with Gasteiger partial charge in [-0.2, -0.15) is 0 Å². The normalized spacial score (nSPS) is 20.5. The van der Waals surface area contributed by atoms with Gasteiger partial charge < -0.3 is 4.90 Å². The number of rotatable bonds is 2. The van der Waals surface area contributed by atoms with E-state index in [1.54, 1.807) is 6.33 Å². The number of nitrogens with zero attached hydrogens (tertiary/aromatic N) is 4. The lowest BCUT2D eigenvalue weighted by Crippen LogP contribution is -2.49. The van der Waals surface area contributed by atoms with E-state index in [1.165, 1.54) is 23.5 Å². The zero-order valence-corrected chi connectivity index (χ0v) is 11.4. The van der Waals surface area contributed by atoms with Crippen LogP contribution in [0.3, 0.4) is 0 Å². The summed E-state index contributed by atoms with van der Waals surface area (Å²) in [6.07, 6.45) is 5.29. The summed E-state index contributed by atoms with van der Waals surface area (Å²) in [6.45, 7) is 9.05. The molecule has 98 valence electrons. The molecule has 0 spiro atoms. The van der Waals surface area contributed by atoms with Crippen LogP contribution in [0.25, 0.3) is 0 Å². The minimum absolute atomic E-state index is 0.656. The first-order valence-electron chi connectivity index (χ1n) is 7.07. The maximum Gasteiger partial charge on any atom is 0.135 e. The third-order valence-corrected chi connectivity index (χ3v) is 4.20. The Labute approximate surface area is 109 Å². The molecule has 0 radical (unpaired) electrons. The van der Waals surface area contributed by atoms with E-state index in [2.05, 4.69) is 33.6 Å². The Kier molecular flexibility index (Phi) is 3.20. The summed E-state index contributed by atoms with van der Waals surface area (Å²) in [5.74, 6) is 1.21. The van der Waals surface area contributed by atoms with Gasteiger partial charge in [-0.25, -0.2) is 9.97 Å². The first kappa shape index (κ1) is 11.9. The first-order valence-corrected chi connectivity index (χ1v) is 7.07. The molecule has 1 saturated heterocycles. The van der Waals surface area contributed by atoms with E-state index in [4.69, 9.17) is 0 Å². The molecule has 1 aromatic heterocycles. The van der Waals surface area contributed by atoms with E-state index in [9.17, 15) is 0 Å². The topological polar surface area (TPSA) is 32.3 Å². The summed E-state index contributed by atoms with van der Waals surface area (Å²) in [4.78, 5) is 13.9. The predicted octanol–water partition coefficient (Wildman–Crippen LogP) is 1.50. The number of hydrogen-bond donors (Lipinski definition) is 0. The molecule has 3 rings (SSSR count). The molecule has 1 fully saturated rings. The number of hydrogen-bond acceptors (Lipinski definition) is 4. The van der Waals surface area contributed by atoms with E-state index < -0.39 is 0 Å². The quantitative estimate of drug-likeness (QED) is 0.791. The van der Waals surface area contributed by atoms with Gasteiger partial charge in [-0.3, -0.25) is 4.90 Å². The Morgan fingerprint density at radius 2 is 1.83 bits per heavy atom. The van der Waals surface area contributed by atoms with Crippen LogP contribution in [-0.4, -0.2) is 47.1 Å². The summed E-state index contributed by atoms with van der Waals surface area (Å²) < 4.78 is 0. The molecule has 1 aromatic rings. The van der Waals surface area contributed by atoms with E-state index in [-0.39, 0.29) is 0 Å². The Hall–Kier alpha value is -1.16. The third-order valence-electron chi connectivity index (χ3n) is 4.20. The van der Waals surface area contributed by atoms with Crippen molar-refractivity contribution in [3.8, 4) is 0 Å². The minimum atomic E-state index is 0.656. The van der Waals surface area contributed by atoms with Crippen LogP contribution in [0.2, 0.25) is 0 Å². The molecule has 0 bridgehead atoms. The van der Waals surface area contributed by atoms with Gasteiger partial charge in [0, 0.05) is 43.5 Å². The molecule has 0 atom stereocenters. The van der Waals surface area contributed by atoms with Crippen molar-refractivity contribution in [2.45, 2.75) is 39.2 Å². The Morgan fingerprint density at radius 3 is 2.56 bits per heavy atom. The average molecular weight is 246 g/mol. The molecule has 18 heavy (non-hydrogen) atoms. The molecule has 0 aromatic carbocycles. The highest BCUT2D eigenvalue weighted by Gasteiger charge is 2.24. The van der Waals surface area contributed by atoms with Gasteiger partial charge in [0.05, 0.1) is 0 Å². The molecule has 1 aliphatic carbocycles. The highest BCUT2D eigenvalue weighted by atomic mass is 15.3. The molecule has 0 saturated carbocycles. The van der Waals surface area contributed by atoms with Crippen molar-refractivity contribution in [2.24, 2.45) is 0 Å². The van der Waals surface area contributed by atoms with Gasteiger partial charge in [0.2, 0.25) is 0 Å². The van der Waals surface area contributed by atoms with E-state index in [0.29, 0.717) is 6.04 Å². The summed E-state index contributed by atoms with van der Waals surface area (Å²) in [6, 6.07) is 0.656. The fourth-order valence-electron chi connectivity index (χ4n) is 3.06. The lowest BCUT2D eigenvalue weighted by atomic mass is 10.2. The molecule has 4 nitrogen and oxygen atoms in total. The predicted molar refractivity (Wildman–Crippen MR) is 73.0 cm³/mol. The average Bonchev–Trinajstić information content (AvgIpc) is 2.87. The van der Waals surface area contributed by atoms with Crippen molar-refractivity contribution in [3.63, 3.8) is 0 Å². The van der Waals surface area contributed by atoms with Crippen LogP contribution >= 0.6 is 0 Å². The van der Waals surface area contributed by atoms with Crippen molar-refractivity contribution < 1.29 is 0 Å². The zero-order chi connectivity index (χ0) is 12.5. The van der Waals surface area contributed by atoms with Crippen LogP contribution in [-0.2, 0) is 12.8 Å². The van der Waals surface area contributed by atoms with Gasteiger partial charge in [0.1, 0.15) is 12.1 Å². The number of piperazine rings is 1. The summed E-state index contributed by atoms with van der Waals surface area (Å²) >= 11 is 0. The lowest BCUT2D eigenvalue weighted by Gasteiger charge is -2.38. The second-order valence-corrected chi connectivity index (χ2v) is 5.59. The smallest absolute Gasteiger partial charge is 0.135 e. The van der Waals surface area contributed by atoms with Crippen LogP contribution < -0.4 is 4.90 Å². The van der Waals surface area contributed by atoms with Crippen LogP contribution in [0.5, 0.6) is 0 Å². The molecule has 1 aliphatic heterocycles. The summed E-state index contributed by atoms with van der Waals surface area (Å²) in [5, 5.41) is 0. The fourth-order valence-corrected chi connectivity index (χ4v) is 3.06. The zero-order valence-electron chi connectivity index (χ0n) is 11.4. The SMILES string of the molecule is CC(C)N1CCN(c2ncnc3c2CCC3)CC1. The molecule has 0 unspecified atom stereocenters. The Morgan fingerprint density at radius 1 is 1.06 bits per heavy atom. The van der Waals surface area contributed by atoms with Crippen LogP contribution in [0.15, 0.2) is 6.33 Å². The molecule has 4 heteroatoms. The molecular formula is C14H22N4. The molecule has 0 amide bonds. The van der Waals surface area contributed by atoms with Gasteiger partial charge in [-0.1, -0.05) is 0 Å². The summed E-state index contributed by atoms with van der Waals surface area (Å²) in [5.41, 5.74) is 2.70. The number of aromatic nitrogens is 2. The largest absolute Gasteiger partial charge is 0.354 e. The third kappa shape index (κ3) is 2.09. The maximum atomic E-state index is 4.54. The van der Waals surface area contributed by atoms with Gasteiger partial charge in [-0.05, 0) is 33.1 Å². The van der Waals surface area contributed by atoms with Crippen molar-refractivity contribution >= 4 is 5.82 Å². The van der Waals surface area contributed by atoms with Gasteiger partial charge in [-0.15, -0.1) is 0 Å². The van der Waals surface area contributed by atoms with Crippen molar-refractivity contribution in [1.29, 1.82) is 0 Å². The molecule has 2 heterocycles. The van der Waals surface area contributed by atoms with Crippen molar-refractivity contribution in [1.82, 2.24) is 14.9 Å². The van der Waals surface area contributed by atoms with Crippen LogP contribution in [0.1, 0.15) is 31.5 Å². The Bertz CT molecular complexity index is 422. The van der Waals surface area contributed by atoms with Gasteiger partial charge >= 0.3 is 0 Å². The molecular weight excluding hydrogens is 224 g/mol. The van der Waals surface area contributed by atoms with Crippen LogP contribution in [0, 0.1) is 0 Å². The Balaban J connectivity index is 1.75. The second kappa shape index (κ2) is 4.84. The van der Waals surface area contributed by atoms with Gasteiger partial charge in [0.15, 0.2) is 0 Å². The number of anilines is 1. The number of aryl methyl sites for hydroxylation is 1. The first-order chi connectivity index (χ1) is 8.75. The minimum Gasteiger partial charge on any atom is -0.354 e. The maximum absolute atomic E-state index is 4.54. The monoisotopic (exact) mass is 246 g/mol. The highest BCUT2D eigenvalue weighted by Crippen LogP contribution is 2.28. The van der Waals surface area contributed by atoms with Crippen LogP contribution in [0.4, 0.5) is 5.82 Å². The molecule has 2 aliphatic rings. The van der Waals surface area contributed by atoms with Crippen molar-refractivity contribution in [2.75, 3.05) is 31.1 Å². The van der Waals surface area contributed by atoms with Crippen molar-refractivity contribution in [3.05, 3.63) is 17.6 Å². The highest BCUT2D eigenvalue weighted by molar-refractivity contribution is 5.50. The molecule has 0 N–H and O–H groups in total. The van der Waals surface area contributed by atoms with Gasteiger partial charge in [0.25, 0.3) is 0 Å². The number of fused-ring (bicyclic) bond motifs is 1. The fraction of sp³-hybridized carbons (Fsp3) is 0.714. The standard InChI is InChI=1S/C14H22N4/c1-11(2)17-6-8-18(9-7-17)14-12-4-3-5-13(12)15-10-16-14/h10-11H,3-9H2,1-2H3. The van der Waals surface area contributed by atoms with E-state index in [0.717, 1.165) is 39.0 Å². The van der Waals surface area contributed by atoms with E-state index >= 15 is 0 Å². The summed E-state index contributed by atoms with van der Waals surface area (Å²) in [7, 11) is 0. The van der Waals surface area contributed by atoms with E-state index in [1.807, 2.05) is 0 Å². The second-order valence-electron chi connectivity index (χ2n) is 5.59.